The van der Waals surface area contributed by atoms with Crippen LogP contribution in [0.25, 0.3) is 0 Å². The first kappa shape index (κ1) is 12.1. The molecule has 0 fully saturated rings. The van der Waals surface area contributed by atoms with E-state index < -0.39 is 0 Å². The number of thiazole rings is 1. The fourth-order valence-electron chi connectivity index (χ4n) is 1.37. The van der Waals surface area contributed by atoms with Gasteiger partial charge >= 0.3 is 0 Å². The molecule has 0 spiro atoms. The fraction of sp³-hybridized carbons (Fsp3) is 0.167. The van der Waals surface area contributed by atoms with Crippen LogP contribution in [0.3, 0.4) is 0 Å². The molecule has 0 saturated heterocycles. The zero-order valence-corrected chi connectivity index (χ0v) is 10.8. The molecule has 88 valence electrons. The molecule has 0 bridgehead atoms. The summed E-state index contributed by atoms with van der Waals surface area (Å²) in [5, 5.41) is 2.53. The first-order valence-corrected chi connectivity index (χ1v) is 6.45. The number of carbonyl (C=O) groups excluding carboxylic acids is 1. The summed E-state index contributed by atoms with van der Waals surface area (Å²) >= 11 is 7.21. The lowest BCUT2D eigenvalue weighted by molar-refractivity contribution is 0.0998. The third-order valence-electron chi connectivity index (χ3n) is 2.29. The van der Waals surface area contributed by atoms with Crippen molar-refractivity contribution in [2.24, 2.45) is 4.99 Å². The van der Waals surface area contributed by atoms with E-state index >= 15 is 0 Å². The van der Waals surface area contributed by atoms with Gasteiger partial charge in [-0.2, -0.15) is 4.99 Å². The second kappa shape index (κ2) is 5.29. The Morgan fingerprint density at radius 3 is 2.76 bits per heavy atom. The minimum Gasteiger partial charge on any atom is -0.324 e. The summed E-state index contributed by atoms with van der Waals surface area (Å²) in [5.74, 6) is -0.244. The number of amides is 1. The third-order valence-corrected chi connectivity index (χ3v) is 3.34. The van der Waals surface area contributed by atoms with Crippen LogP contribution in [0.2, 0.25) is 5.02 Å². The smallest absolute Gasteiger partial charge is 0.279 e. The van der Waals surface area contributed by atoms with E-state index in [2.05, 4.69) is 4.99 Å². The van der Waals surface area contributed by atoms with Gasteiger partial charge in [0, 0.05) is 28.7 Å². The number of benzene rings is 1. The molecular formula is C12H11ClN2OS. The van der Waals surface area contributed by atoms with Gasteiger partial charge in [-0.05, 0) is 31.2 Å². The summed E-state index contributed by atoms with van der Waals surface area (Å²) in [4.78, 5) is 16.7. The zero-order chi connectivity index (χ0) is 12.3. The molecular weight excluding hydrogens is 256 g/mol. The molecule has 1 aromatic heterocycles. The predicted octanol–water partition coefficient (Wildman–Crippen LogP) is 2.96. The molecule has 0 atom stereocenters. The zero-order valence-electron chi connectivity index (χ0n) is 9.26. The van der Waals surface area contributed by atoms with Gasteiger partial charge in [0.25, 0.3) is 5.91 Å². The third kappa shape index (κ3) is 2.84. The fourth-order valence-corrected chi connectivity index (χ4v) is 2.29. The van der Waals surface area contributed by atoms with Crippen LogP contribution in [0.5, 0.6) is 0 Å². The van der Waals surface area contributed by atoms with Gasteiger partial charge in [-0.25, -0.2) is 0 Å². The highest BCUT2D eigenvalue weighted by atomic mass is 35.5. The highest BCUT2D eigenvalue weighted by Crippen LogP contribution is 2.10. The van der Waals surface area contributed by atoms with Crippen molar-refractivity contribution in [2.45, 2.75) is 13.5 Å². The van der Waals surface area contributed by atoms with Gasteiger partial charge in [0.05, 0.1) is 0 Å². The van der Waals surface area contributed by atoms with Crippen LogP contribution in [0.1, 0.15) is 17.3 Å². The summed E-state index contributed by atoms with van der Waals surface area (Å²) in [6, 6.07) is 6.73. The number of hydrogen-bond acceptors (Lipinski definition) is 2. The van der Waals surface area contributed by atoms with Gasteiger partial charge < -0.3 is 4.57 Å². The van der Waals surface area contributed by atoms with E-state index in [0.717, 1.165) is 6.54 Å². The molecule has 2 aromatic rings. The second-order valence-electron chi connectivity index (χ2n) is 3.40. The second-order valence-corrected chi connectivity index (χ2v) is 4.70. The minimum atomic E-state index is -0.244. The predicted molar refractivity (Wildman–Crippen MR) is 69.3 cm³/mol. The van der Waals surface area contributed by atoms with Crippen LogP contribution >= 0.6 is 22.9 Å². The maximum absolute atomic E-state index is 11.9. The Morgan fingerprint density at radius 2 is 2.12 bits per heavy atom. The van der Waals surface area contributed by atoms with Gasteiger partial charge in [-0.1, -0.05) is 11.6 Å². The summed E-state index contributed by atoms with van der Waals surface area (Å²) in [5.41, 5.74) is 0.547. The molecule has 0 radical (unpaired) electrons. The van der Waals surface area contributed by atoms with Crippen molar-refractivity contribution in [1.29, 1.82) is 0 Å². The molecule has 17 heavy (non-hydrogen) atoms. The van der Waals surface area contributed by atoms with Gasteiger partial charge in [0.2, 0.25) is 0 Å². The van der Waals surface area contributed by atoms with Crippen molar-refractivity contribution in [1.82, 2.24) is 4.57 Å². The molecule has 0 saturated carbocycles. The molecule has 0 N–H and O–H groups in total. The molecule has 1 heterocycles. The number of hydrogen-bond donors (Lipinski definition) is 0. The van der Waals surface area contributed by atoms with Crippen molar-refractivity contribution in [3.63, 3.8) is 0 Å². The number of nitrogens with zero attached hydrogens (tertiary/aromatic N) is 2. The van der Waals surface area contributed by atoms with E-state index in [0.29, 0.717) is 15.4 Å². The van der Waals surface area contributed by atoms with Crippen molar-refractivity contribution >= 4 is 28.8 Å². The van der Waals surface area contributed by atoms with E-state index in [1.54, 1.807) is 24.3 Å². The van der Waals surface area contributed by atoms with Crippen molar-refractivity contribution in [3.8, 4) is 0 Å². The van der Waals surface area contributed by atoms with Crippen molar-refractivity contribution < 1.29 is 4.79 Å². The normalized spacial score (nSPS) is 11.8. The first-order chi connectivity index (χ1) is 8.20. The topological polar surface area (TPSA) is 34.4 Å². The van der Waals surface area contributed by atoms with Gasteiger partial charge in [-0.3, -0.25) is 4.79 Å². The van der Waals surface area contributed by atoms with E-state index in [1.807, 2.05) is 23.1 Å². The Balaban J connectivity index is 2.33. The van der Waals surface area contributed by atoms with Crippen LogP contribution in [0.15, 0.2) is 40.8 Å². The van der Waals surface area contributed by atoms with Crippen LogP contribution in [0.4, 0.5) is 0 Å². The standard InChI is InChI=1S/C12H11ClN2OS/c1-2-15-7-8-17-12(15)14-11(16)9-3-5-10(13)6-4-9/h3-8H,2H2,1H3. The van der Waals surface area contributed by atoms with E-state index in [9.17, 15) is 4.79 Å². The monoisotopic (exact) mass is 266 g/mol. The molecule has 2 rings (SSSR count). The quantitative estimate of drug-likeness (QED) is 0.823. The van der Waals surface area contributed by atoms with E-state index in [-0.39, 0.29) is 5.91 Å². The average Bonchev–Trinajstić information content (AvgIpc) is 2.77. The maximum atomic E-state index is 11.9. The van der Waals surface area contributed by atoms with Gasteiger partial charge in [0.15, 0.2) is 4.80 Å². The molecule has 0 aliphatic carbocycles. The Kier molecular flexibility index (Phi) is 3.76. The van der Waals surface area contributed by atoms with E-state index in [4.69, 9.17) is 11.6 Å². The average molecular weight is 267 g/mol. The molecule has 3 nitrogen and oxygen atoms in total. The Hall–Kier alpha value is -1.39. The van der Waals surface area contributed by atoms with Crippen LogP contribution in [-0.2, 0) is 6.54 Å². The van der Waals surface area contributed by atoms with Crippen LogP contribution < -0.4 is 4.80 Å². The number of halogens is 1. The highest BCUT2D eigenvalue weighted by Gasteiger charge is 2.04. The Morgan fingerprint density at radius 1 is 1.41 bits per heavy atom. The summed E-state index contributed by atoms with van der Waals surface area (Å²) in [6.45, 7) is 2.81. The maximum Gasteiger partial charge on any atom is 0.279 e. The van der Waals surface area contributed by atoms with E-state index in [1.165, 1.54) is 11.3 Å². The molecule has 1 aromatic carbocycles. The molecule has 0 unspecified atom stereocenters. The lowest BCUT2D eigenvalue weighted by atomic mass is 10.2. The number of rotatable bonds is 2. The summed E-state index contributed by atoms with van der Waals surface area (Å²) in [6.07, 6.45) is 1.92. The Bertz CT molecular complexity index is 583. The van der Waals surface area contributed by atoms with Crippen LogP contribution in [-0.4, -0.2) is 10.5 Å². The largest absolute Gasteiger partial charge is 0.324 e. The Labute approximate surface area is 108 Å². The molecule has 0 aliphatic heterocycles. The number of aryl methyl sites for hydroxylation is 1. The molecule has 1 amide bonds. The van der Waals surface area contributed by atoms with Gasteiger partial charge in [-0.15, -0.1) is 11.3 Å². The minimum absolute atomic E-state index is 0.244. The number of aromatic nitrogens is 1. The molecule has 0 aliphatic rings. The number of carbonyl (C=O) groups is 1. The van der Waals surface area contributed by atoms with Crippen molar-refractivity contribution in [3.05, 3.63) is 51.2 Å². The first-order valence-electron chi connectivity index (χ1n) is 5.19. The lowest BCUT2D eigenvalue weighted by Crippen LogP contribution is -2.15. The summed E-state index contributed by atoms with van der Waals surface area (Å²) in [7, 11) is 0. The summed E-state index contributed by atoms with van der Waals surface area (Å²) < 4.78 is 1.93. The van der Waals surface area contributed by atoms with Crippen molar-refractivity contribution in [2.75, 3.05) is 0 Å². The lowest BCUT2D eigenvalue weighted by Gasteiger charge is -1.97. The highest BCUT2D eigenvalue weighted by molar-refractivity contribution is 7.07. The molecule has 5 heteroatoms. The van der Waals surface area contributed by atoms with Gasteiger partial charge in [0.1, 0.15) is 0 Å². The SMILES string of the molecule is CCn1ccsc1=NC(=O)c1ccc(Cl)cc1. The van der Waals surface area contributed by atoms with Crippen LogP contribution in [0, 0.1) is 0 Å².